The van der Waals surface area contributed by atoms with Crippen LogP contribution >= 0.6 is 25.3 Å². The standard InChI is InChI=1S/C84H123N27O17S2/c1-3-4-20-56(71(117)99-54(69(86)115)22-10-11-30-85)100-73(119)58(28-29-68(113)114)101-72(118)57(24-13-32-94-84(89)90)102-78(124)66-26-15-34-110(66)82(128)67-27-16-35-111(67)81(127)64(44-130)108-75(121)60(37-49-40-95-53-21-9-8-19-52(49)53)104-76(122)61(38-50-41-91-45-96-50)105-74(120)59(36-48-17-6-5-7-18-48)103-77(123)62(39-51-42-92-46-97-51)106-79(125)65-25-14-33-109(65)80(126)63(43-129)107-70(116)55(98-47(2)112)23-12-31-93-83(87)88/h5-9,17-19,21,40-42,45-46,54-67,95,129-130H,3-4,10-16,20,22-39,43-44,85H2,1-2H3,(H2,86,115)(H,91,96)(H,92,97)(H,98,112)(H,99,117)(H,100,119)(H,101,118)(H,102,124)(H,103,123)(H,104,122)(H,105,120)(H,106,125)(H,107,116)(H,108,121)(H,113,114)(H4,87,88,93)(H4,89,90,94)/t54-,55-,56-,57+,58-,59+,60-,61-,62-,63-,64-,65-,66-,67-/m0/s1. The fourth-order valence-corrected chi connectivity index (χ4v) is 16.3. The maximum atomic E-state index is 15.4. The molecule has 0 aliphatic carbocycles. The van der Waals surface area contributed by atoms with Crippen molar-refractivity contribution in [2.24, 2.45) is 22.9 Å². The first kappa shape index (κ1) is 103. The second kappa shape index (κ2) is 51.9. The third kappa shape index (κ3) is 31.2. The Morgan fingerprint density at radius 3 is 1.36 bits per heavy atom. The number of primary amides is 1. The van der Waals surface area contributed by atoms with Crippen molar-refractivity contribution in [2.75, 3.05) is 50.8 Å². The zero-order chi connectivity index (χ0) is 94.5. The van der Waals surface area contributed by atoms with Gasteiger partial charge in [0.2, 0.25) is 88.6 Å². The van der Waals surface area contributed by atoms with Crippen molar-refractivity contribution in [3.63, 3.8) is 0 Å². The second-order valence-electron chi connectivity index (χ2n) is 32.3. The van der Waals surface area contributed by atoms with Crippen molar-refractivity contribution >= 4 is 143 Å². The van der Waals surface area contributed by atoms with Gasteiger partial charge in [0.15, 0.2) is 11.9 Å². The van der Waals surface area contributed by atoms with Crippen LogP contribution in [0, 0.1) is 10.8 Å². The number of nitrogens with two attached hydrogens (primary N) is 4. The molecule has 44 nitrogen and oxygen atoms in total. The van der Waals surface area contributed by atoms with Gasteiger partial charge in [-0.15, -0.1) is 0 Å². The number of imidazole rings is 2. The normalized spacial score (nSPS) is 17.2. The first-order valence-electron chi connectivity index (χ1n) is 43.7. The fourth-order valence-electron chi connectivity index (χ4n) is 15.8. The molecule has 708 valence electrons. The SMILES string of the molecule is CCCC[C@H](NC(=O)[C@H](CCC(=O)O)NC(=O)[C@@H](CCCNC(=N)N)NC(=O)[C@@H]1CCCN1C(=O)[C@@H]1CCCN1C(=O)[C@H](CS)NC(=O)[C@H](Cc1c[nH]c2ccccc12)NC(=O)[C@H](Cc1c[nH]cn1)NC(=O)[C@@H](Cc1ccccc1)NC(=O)[C@H](Cc1c[nH]cn1)NC(=O)[C@@H]1CCCN1C(=O)[C@H](CS)NC(=O)[C@H](CCCNC(=N)N)NC(C)=O)C(=O)N[C@@H](CCCCN)C(N)=O. The quantitative estimate of drug-likeness (QED) is 0.00770. The Hall–Kier alpha value is -12.9. The molecule has 0 spiro atoms. The van der Waals surface area contributed by atoms with Crippen LogP contribution in [0.5, 0.6) is 0 Å². The monoisotopic (exact) mass is 1850 g/mol. The van der Waals surface area contributed by atoms with E-state index in [0.29, 0.717) is 85.6 Å². The van der Waals surface area contributed by atoms with Crippen molar-refractivity contribution in [1.29, 1.82) is 10.8 Å². The number of carboxylic acid groups (broad SMARTS) is 1. The van der Waals surface area contributed by atoms with Crippen LogP contribution in [0.2, 0.25) is 0 Å². The van der Waals surface area contributed by atoms with Gasteiger partial charge in [0.05, 0.1) is 24.0 Å². The van der Waals surface area contributed by atoms with E-state index in [-0.39, 0.29) is 133 Å². The van der Waals surface area contributed by atoms with Crippen molar-refractivity contribution in [3.05, 3.63) is 108 Å². The fraction of sp³-hybridized carbons (Fsp3) is 0.548. The minimum absolute atomic E-state index is 0.00834. The van der Waals surface area contributed by atoms with Gasteiger partial charge in [-0.3, -0.25) is 87.5 Å². The molecule has 3 fully saturated rings. The number of benzene rings is 2. The molecule has 6 heterocycles. The molecular weight excluding hydrogens is 1720 g/mol. The number of nitrogens with one attached hydrogen (secondary N) is 18. The molecule has 0 saturated carbocycles. The zero-order valence-corrected chi connectivity index (χ0v) is 74.6. The predicted molar refractivity (Wildman–Crippen MR) is 482 cm³/mol. The number of H-pyrrole nitrogens is 3. The third-order valence-corrected chi connectivity index (χ3v) is 23.3. The van der Waals surface area contributed by atoms with Crippen molar-refractivity contribution in [3.8, 4) is 0 Å². The Morgan fingerprint density at radius 1 is 0.469 bits per heavy atom. The summed E-state index contributed by atoms with van der Waals surface area (Å²) >= 11 is 8.91. The number of para-hydroxylation sites is 1. The van der Waals surface area contributed by atoms with Gasteiger partial charge >= 0.3 is 5.97 Å². The summed E-state index contributed by atoms with van der Waals surface area (Å²) < 4.78 is 0. The molecule has 2 aromatic carbocycles. The Balaban J connectivity index is 0.994. The summed E-state index contributed by atoms with van der Waals surface area (Å²) in [5, 5.41) is 60.5. The van der Waals surface area contributed by atoms with Crippen LogP contribution in [-0.2, 0) is 102 Å². The maximum absolute atomic E-state index is 15.4. The maximum Gasteiger partial charge on any atom is 0.303 e. The van der Waals surface area contributed by atoms with Gasteiger partial charge in [-0.25, -0.2) is 9.97 Å². The first-order valence-corrected chi connectivity index (χ1v) is 44.9. The van der Waals surface area contributed by atoms with E-state index in [1.165, 1.54) is 46.7 Å². The second-order valence-corrected chi connectivity index (χ2v) is 33.0. The Kier molecular flexibility index (Phi) is 41.0. The summed E-state index contributed by atoms with van der Waals surface area (Å²) in [5.41, 5.74) is 24.5. The molecule has 27 N–H and O–H groups in total. The van der Waals surface area contributed by atoms with Crippen molar-refractivity contribution in [2.45, 2.75) is 240 Å². The summed E-state index contributed by atoms with van der Waals surface area (Å²) in [6, 6.07) is -3.35. The molecule has 3 aromatic heterocycles. The van der Waals surface area contributed by atoms with E-state index < -0.39 is 198 Å². The number of hydrogen-bond acceptors (Lipinski definition) is 23. The van der Waals surface area contributed by atoms with E-state index in [0.717, 1.165) is 0 Å². The number of carbonyl (C=O) groups excluding carboxylic acids is 15. The molecule has 5 aromatic rings. The minimum atomic E-state index is -1.60. The number of guanidine groups is 2. The van der Waals surface area contributed by atoms with Crippen LogP contribution < -0.4 is 92.1 Å². The summed E-state index contributed by atoms with van der Waals surface area (Å²) in [5.74, 6) is -14.5. The Bertz CT molecular complexity index is 4720. The number of aliphatic carboxylic acids is 1. The molecule has 46 heteroatoms. The average molecular weight is 1850 g/mol. The van der Waals surface area contributed by atoms with E-state index in [9.17, 15) is 53.1 Å². The number of rotatable bonds is 53. The number of likely N-dealkylation sites (tertiary alicyclic amines) is 3. The van der Waals surface area contributed by atoms with Crippen LogP contribution in [0.25, 0.3) is 10.9 Å². The lowest BCUT2D eigenvalue weighted by Gasteiger charge is -2.33. The third-order valence-electron chi connectivity index (χ3n) is 22.6. The topological polar surface area (TPSA) is 684 Å². The van der Waals surface area contributed by atoms with E-state index in [4.69, 9.17) is 33.8 Å². The predicted octanol–water partition coefficient (Wildman–Crippen LogP) is -3.73. The summed E-state index contributed by atoms with van der Waals surface area (Å²) in [4.78, 5) is 249. The van der Waals surface area contributed by atoms with Crippen LogP contribution in [0.3, 0.4) is 0 Å². The Labute approximate surface area is 762 Å². The number of unbranched alkanes of at least 4 members (excludes halogenated alkanes) is 2. The highest BCUT2D eigenvalue weighted by atomic mass is 32.1. The number of hydrogen-bond donors (Lipinski definition) is 25. The lowest BCUT2D eigenvalue weighted by atomic mass is 10.0. The van der Waals surface area contributed by atoms with Crippen molar-refractivity contribution in [1.82, 2.24) is 109 Å². The number of carbonyl (C=O) groups is 16. The molecule has 3 aliphatic heterocycles. The first-order chi connectivity index (χ1) is 62.3. The number of aromatic nitrogens is 5. The number of fused-ring (bicyclic) bond motifs is 1. The lowest BCUT2D eigenvalue weighted by Crippen LogP contribution is -2.61. The number of thiol groups is 2. The van der Waals surface area contributed by atoms with Crippen molar-refractivity contribution < 1.29 is 81.8 Å². The number of carboxylic acids is 1. The van der Waals surface area contributed by atoms with E-state index in [2.05, 4.69) is 119 Å². The molecule has 130 heavy (non-hydrogen) atoms. The number of nitrogens with zero attached hydrogens (tertiary/aromatic N) is 5. The zero-order valence-electron chi connectivity index (χ0n) is 72.8. The van der Waals surface area contributed by atoms with Crippen LogP contribution in [0.1, 0.15) is 152 Å². The van der Waals surface area contributed by atoms with Crippen LogP contribution in [0.4, 0.5) is 0 Å². The largest absolute Gasteiger partial charge is 0.481 e. The molecule has 0 unspecified atom stereocenters. The lowest BCUT2D eigenvalue weighted by molar-refractivity contribution is -0.148. The molecule has 3 aliphatic rings. The number of amides is 15. The highest BCUT2D eigenvalue weighted by Gasteiger charge is 2.46. The van der Waals surface area contributed by atoms with E-state index in [1.54, 1.807) is 60.8 Å². The smallest absolute Gasteiger partial charge is 0.303 e. The average Bonchev–Trinajstić information content (AvgIpc) is 1.72. The molecule has 0 bridgehead atoms. The van der Waals surface area contributed by atoms with E-state index >= 15 is 28.8 Å². The Morgan fingerprint density at radius 2 is 0.877 bits per heavy atom. The summed E-state index contributed by atoms with van der Waals surface area (Å²) in [6.45, 7) is 3.74. The molecule has 8 rings (SSSR count). The number of aromatic amines is 3. The van der Waals surface area contributed by atoms with Gasteiger partial charge < -0.3 is 127 Å². The molecule has 3 saturated heterocycles. The highest BCUT2D eigenvalue weighted by molar-refractivity contribution is 7.80. The van der Waals surface area contributed by atoms with Gasteiger partial charge in [0, 0.05) is 113 Å². The van der Waals surface area contributed by atoms with Gasteiger partial charge in [-0.2, -0.15) is 25.3 Å². The molecule has 0 radical (unpaired) electrons. The molecular formula is C84H123N27O17S2. The highest BCUT2D eigenvalue weighted by Crippen LogP contribution is 2.28. The minimum Gasteiger partial charge on any atom is -0.481 e. The molecule has 14 atom stereocenters. The van der Waals surface area contributed by atoms with Gasteiger partial charge in [-0.05, 0) is 120 Å². The van der Waals surface area contributed by atoms with Gasteiger partial charge in [0.1, 0.15) is 84.6 Å². The summed E-state index contributed by atoms with van der Waals surface area (Å²) in [7, 11) is 0. The van der Waals surface area contributed by atoms with Crippen LogP contribution in [-0.4, -0.2) is 287 Å². The summed E-state index contributed by atoms with van der Waals surface area (Å²) in [6.07, 6.45) is 9.07. The van der Waals surface area contributed by atoms with E-state index in [1.807, 2.05) is 6.92 Å². The van der Waals surface area contributed by atoms with Crippen LogP contribution in [0.15, 0.2) is 85.8 Å². The van der Waals surface area contributed by atoms with Gasteiger partial charge in [0.25, 0.3) is 0 Å². The molecule has 15 amide bonds. The van der Waals surface area contributed by atoms with Gasteiger partial charge in [-0.1, -0.05) is 68.3 Å².